The quantitative estimate of drug-likeness (QED) is 0.591. The highest BCUT2D eigenvalue weighted by Gasteiger charge is 2.51. The first-order valence-electron chi connectivity index (χ1n) is 10.6. The lowest BCUT2D eigenvalue weighted by atomic mass is 9.59. The first kappa shape index (κ1) is 18.8. The van der Waals surface area contributed by atoms with Crippen LogP contribution in [0.15, 0.2) is 34.5 Å². The van der Waals surface area contributed by atoms with Gasteiger partial charge in [0.15, 0.2) is 0 Å². The van der Waals surface area contributed by atoms with Crippen molar-refractivity contribution in [3.05, 3.63) is 35.8 Å². The van der Waals surface area contributed by atoms with Crippen molar-refractivity contribution in [2.45, 2.75) is 71.4 Å². The number of hydrogen-bond acceptors (Lipinski definition) is 4. The van der Waals surface area contributed by atoms with Crippen molar-refractivity contribution in [2.24, 2.45) is 23.2 Å². The third-order valence-corrected chi connectivity index (χ3v) is 7.17. The fourth-order valence-electron chi connectivity index (χ4n) is 5.53. The van der Waals surface area contributed by atoms with Gasteiger partial charge in [-0.3, -0.25) is 4.79 Å². The van der Waals surface area contributed by atoms with E-state index in [-0.39, 0.29) is 29.3 Å². The number of hydrogen-bond donors (Lipinski definition) is 1. The Bertz CT molecular complexity index is 694. The summed E-state index contributed by atoms with van der Waals surface area (Å²) < 4.78 is 11.2. The van der Waals surface area contributed by atoms with Gasteiger partial charge in [-0.2, -0.15) is 0 Å². The normalized spacial score (nSPS) is 36.6. The van der Waals surface area contributed by atoms with E-state index in [4.69, 9.17) is 9.15 Å². The van der Waals surface area contributed by atoms with Gasteiger partial charge in [0.1, 0.15) is 11.9 Å². The highest BCUT2D eigenvalue weighted by molar-refractivity contribution is 5.76. The van der Waals surface area contributed by atoms with Crippen LogP contribution in [-0.2, 0) is 16.0 Å². The molecule has 1 aromatic rings. The van der Waals surface area contributed by atoms with E-state index in [0.717, 1.165) is 25.0 Å². The molecular formula is C23H33NO3. The number of fused-ring (bicyclic) bond motifs is 2. The Balaban J connectivity index is 1.39. The molecule has 0 bridgehead atoms. The largest absolute Gasteiger partial charge is 0.469 e. The number of carbonyl (C=O) groups is 1. The number of carbonyl (C=O) groups excluding carboxylic acids is 1. The summed E-state index contributed by atoms with van der Waals surface area (Å²) >= 11 is 0. The number of furan rings is 1. The smallest absolute Gasteiger partial charge is 0.311 e. The van der Waals surface area contributed by atoms with Gasteiger partial charge in [-0.1, -0.05) is 31.9 Å². The van der Waals surface area contributed by atoms with Crippen molar-refractivity contribution < 1.29 is 13.9 Å². The summed E-state index contributed by atoms with van der Waals surface area (Å²) in [6.45, 7) is 7.61. The van der Waals surface area contributed by atoms with Crippen LogP contribution in [0.2, 0.25) is 0 Å². The summed E-state index contributed by atoms with van der Waals surface area (Å²) in [5.74, 6) is 1.84. The maximum absolute atomic E-state index is 12.6. The first-order valence-corrected chi connectivity index (χ1v) is 10.6. The summed E-state index contributed by atoms with van der Waals surface area (Å²) in [6.07, 6.45) is 10.9. The lowest BCUT2D eigenvalue weighted by molar-refractivity contribution is -0.145. The van der Waals surface area contributed by atoms with Gasteiger partial charge in [-0.25, -0.2) is 0 Å². The van der Waals surface area contributed by atoms with Crippen molar-refractivity contribution >= 4 is 5.97 Å². The van der Waals surface area contributed by atoms with Crippen molar-refractivity contribution in [1.29, 1.82) is 0 Å². The molecule has 2 aliphatic carbocycles. The van der Waals surface area contributed by atoms with E-state index in [9.17, 15) is 4.79 Å². The molecule has 0 amide bonds. The van der Waals surface area contributed by atoms with Gasteiger partial charge < -0.3 is 14.5 Å². The third-order valence-electron chi connectivity index (χ3n) is 7.17. The van der Waals surface area contributed by atoms with Crippen LogP contribution in [0.5, 0.6) is 0 Å². The SMILES string of the molecule is C[C@@H](CCc1ccco1)NC[C@@H]1C(=O)O[C@H]2C[C@]3(C)CCC[C@H](C)C3=C[C@H]21. The standard InChI is InChI=1S/C23H33NO3/c1-15-6-4-10-23(3)13-21-18(12-20(15)23)19(22(25)27-21)14-24-16(2)8-9-17-7-5-11-26-17/h5,7,11-12,15-16,18-19,21,24H,4,6,8-10,13-14H2,1-3H3/t15-,16-,18-,19-,21-,23-/m0/s1. The minimum Gasteiger partial charge on any atom is -0.469 e. The molecule has 148 valence electrons. The molecule has 3 aliphatic rings. The number of ether oxygens (including phenoxy) is 1. The number of nitrogens with one attached hydrogen (secondary N) is 1. The van der Waals surface area contributed by atoms with Gasteiger partial charge in [0.25, 0.3) is 0 Å². The molecule has 1 aromatic heterocycles. The Morgan fingerprint density at radius 3 is 3.04 bits per heavy atom. The maximum Gasteiger partial charge on any atom is 0.311 e. The zero-order valence-corrected chi connectivity index (χ0v) is 16.9. The van der Waals surface area contributed by atoms with Crippen LogP contribution < -0.4 is 5.32 Å². The molecule has 27 heavy (non-hydrogen) atoms. The van der Waals surface area contributed by atoms with Crippen LogP contribution in [0.3, 0.4) is 0 Å². The fraction of sp³-hybridized carbons (Fsp3) is 0.696. The molecule has 1 aliphatic heterocycles. The highest BCUT2D eigenvalue weighted by atomic mass is 16.6. The van der Waals surface area contributed by atoms with Crippen molar-refractivity contribution in [3.8, 4) is 0 Å². The van der Waals surface area contributed by atoms with Gasteiger partial charge >= 0.3 is 5.97 Å². The summed E-state index contributed by atoms with van der Waals surface area (Å²) in [7, 11) is 0. The van der Waals surface area contributed by atoms with Crippen LogP contribution in [-0.4, -0.2) is 24.7 Å². The number of aryl methyl sites for hydroxylation is 1. The van der Waals surface area contributed by atoms with E-state index >= 15 is 0 Å². The van der Waals surface area contributed by atoms with Crippen molar-refractivity contribution in [3.63, 3.8) is 0 Å². The van der Waals surface area contributed by atoms with Crippen molar-refractivity contribution in [1.82, 2.24) is 5.32 Å². The zero-order chi connectivity index (χ0) is 19.0. The Hall–Kier alpha value is -1.55. The van der Waals surface area contributed by atoms with Crippen LogP contribution in [0, 0.1) is 23.2 Å². The second kappa shape index (κ2) is 7.46. The minimum absolute atomic E-state index is 0.0116. The molecule has 6 atom stereocenters. The molecule has 4 nitrogen and oxygen atoms in total. The van der Waals surface area contributed by atoms with E-state index < -0.39 is 0 Å². The predicted octanol–water partition coefficient (Wildman–Crippen LogP) is 4.50. The second-order valence-corrected chi connectivity index (χ2v) is 9.27. The number of rotatable bonds is 6. The van der Waals surface area contributed by atoms with Crippen LogP contribution in [0.1, 0.15) is 58.6 Å². The van der Waals surface area contributed by atoms with Crippen LogP contribution >= 0.6 is 0 Å². The average Bonchev–Trinajstić information content (AvgIpc) is 3.23. The average molecular weight is 372 g/mol. The Morgan fingerprint density at radius 2 is 2.26 bits per heavy atom. The molecule has 4 rings (SSSR count). The van der Waals surface area contributed by atoms with Gasteiger partial charge in [0.2, 0.25) is 0 Å². The van der Waals surface area contributed by atoms with Gasteiger partial charge in [-0.15, -0.1) is 0 Å². The topological polar surface area (TPSA) is 51.5 Å². The molecule has 2 heterocycles. The number of allylic oxidation sites excluding steroid dienone is 1. The molecule has 4 heteroatoms. The van der Waals surface area contributed by atoms with Crippen LogP contribution in [0.25, 0.3) is 0 Å². The van der Waals surface area contributed by atoms with E-state index in [1.807, 2.05) is 12.1 Å². The van der Waals surface area contributed by atoms with E-state index in [1.54, 1.807) is 11.8 Å². The zero-order valence-electron chi connectivity index (χ0n) is 16.9. The molecule has 1 saturated carbocycles. The van der Waals surface area contributed by atoms with Gasteiger partial charge in [0.05, 0.1) is 12.2 Å². The summed E-state index contributed by atoms with van der Waals surface area (Å²) in [4.78, 5) is 12.6. The number of esters is 1. The highest BCUT2D eigenvalue weighted by Crippen LogP contribution is 2.53. The first-order chi connectivity index (χ1) is 13.0. The van der Waals surface area contributed by atoms with Gasteiger partial charge in [0, 0.05) is 24.9 Å². The fourth-order valence-corrected chi connectivity index (χ4v) is 5.53. The van der Waals surface area contributed by atoms with Gasteiger partial charge in [-0.05, 0) is 56.1 Å². The molecule has 1 N–H and O–H groups in total. The summed E-state index contributed by atoms with van der Waals surface area (Å²) in [6, 6.07) is 4.29. The van der Waals surface area contributed by atoms with E-state index in [2.05, 4.69) is 32.2 Å². The van der Waals surface area contributed by atoms with Crippen LogP contribution in [0.4, 0.5) is 0 Å². The van der Waals surface area contributed by atoms with E-state index in [0.29, 0.717) is 18.5 Å². The summed E-state index contributed by atoms with van der Waals surface area (Å²) in [5.41, 5.74) is 1.82. The second-order valence-electron chi connectivity index (χ2n) is 9.27. The molecule has 0 spiro atoms. The van der Waals surface area contributed by atoms with Crippen molar-refractivity contribution in [2.75, 3.05) is 6.54 Å². The molecule has 2 fully saturated rings. The predicted molar refractivity (Wildman–Crippen MR) is 105 cm³/mol. The Morgan fingerprint density at radius 1 is 1.41 bits per heavy atom. The van der Waals surface area contributed by atoms with E-state index in [1.165, 1.54) is 19.3 Å². The Kier molecular flexibility index (Phi) is 5.19. The molecule has 0 radical (unpaired) electrons. The molecule has 1 saturated heterocycles. The monoisotopic (exact) mass is 371 g/mol. The molecular weight excluding hydrogens is 338 g/mol. The summed E-state index contributed by atoms with van der Waals surface area (Å²) in [5, 5.41) is 3.57. The lowest BCUT2D eigenvalue weighted by Crippen LogP contribution is -2.41. The third kappa shape index (κ3) is 3.73. The minimum atomic E-state index is -0.0489. The molecule has 0 unspecified atom stereocenters. The molecule has 0 aromatic carbocycles. The maximum atomic E-state index is 12.6. The Labute approximate surface area is 162 Å². The lowest BCUT2D eigenvalue weighted by Gasteiger charge is -2.46.